The summed E-state index contributed by atoms with van der Waals surface area (Å²) in [5.74, 6) is 0.702. The van der Waals surface area contributed by atoms with Crippen LogP contribution in [0.1, 0.15) is 5.56 Å². The van der Waals surface area contributed by atoms with Crippen molar-refractivity contribution in [1.29, 1.82) is 0 Å². The van der Waals surface area contributed by atoms with Crippen molar-refractivity contribution in [3.8, 4) is 11.5 Å². The molecule has 0 aliphatic carbocycles. The van der Waals surface area contributed by atoms with E-state index in [0.29, 0.717) is 5.75 Å². The van der Waals surface area contributed by atoms with Crippen LogP contribution in [-0.4, -0.2) is 55.4 Å². The number of phenolic OH excluding ortho intramolecular Hbond substituents is 1. The van der Waals surface area contributed by atoms with Crippen LogP contribution >= 0.6 is 0 Å². The minimum Gasteiger partial charge on any atom is -0.504 e. The summed E-state index contributed by atoms with van der Waals surface area (Å²) < 4.78 is 5.09. The lowest BCUT2D eigenvalue weighted by atomic mass is 10.2. The topological polar surface area (TPSA) is 48.0 Å². The predicted octanol–water partition coefficient (Wildman–Crippen LogP) is 0.653. The zero-order valence-electron chi connectivity index (χ0n) is 11.0. The Bertz CT molecular complexity index is 390. The molecule has 5 nitrogen and oxygen atoms in total. The Morgan fingerprint density at radius 1 is 1.28 bits per heavy atom. The first-order valence-corrected chi connectivity index (χ1v) is 6.22. The molecule has 100 valence electrons. The van der Waals surface area contributed by atoms with E-state index in [9.17, 15) is 5.11 Å². The second-order valence-electron chi connectivity index (χ2n) is 4.63. The fourth-order valence-electron chi connectivity index (χ4n) is 2.00. The van der Waals surface area contributed by atoms with Gasteiger partial charge < -0.3 is 14.7 Å². The highest BCUT2D eigenvalue weighted by Gasteiger charge is 2.13. The Hall–Kier alpha value is -1.30. The van der Waals surface area contributed by atoms with Gasteiger partial charge in [-0.3, -0.25) is 5.43 Å². The molecule has 1 aromatic carbocycles. The molecule has 1 aliphatic rings. The van der Waals surface area contributed by atoms with Crippen molar-refractivity contribution in [3.63, 3.8) is 0 Å². The summed E-state index contributed by atoms with van der Waals surface area (Å²) in [6, 6.07) is 5.43. The third kappa shape index (κ3) is 3.35. The molecule has 1 heterocycles. The highest BCUT2D eigenvalue weighted by Crippen LogP contribution is 2.26. The first-order chi connectivity index (χ1) is 8.69. The van der Waals surface area contributed by atoms with Crippen LogP contribution in [0.5, 0.6) is 11.5 Å². The van der Waals surface area contributed by atoms with E-state index >= 15 is 0 Å². The van der Waals surface area contributed by atoms with Crippen molar-refractivity contribution in [2.75, 3.05) is 40.3 Å². The number of hydrogen-bond acceptors (Lipinski definition) is 5. The summed E-state index contributed by atoms with van der Waals surface area (Å²) in [5.41, 5.74) is 4.50. The smallest absolute Gasteiger partial charge is 0.160 e. The van der Waals surface area contributed by atoms with Crippen LogP contribution in [0.3, 0.4) is 0 Å². The number of likely N-dealkylation sites (N-methyl/N-ethyl adjacent to an activating group) is 1. The highest BCUT2D eigenvalue weighted by atomic mass is 16.5. The molecule has 2 rings (SSSR count). The Morgan fingerprint density at radius 3 is 2.67 bits per heavy atom. The number of nitrogens with zero attached hydrogens (tertiary/aromatic N) is 2. The van der Waals surface area contributed by atoms with Crippen LogP contribution in [0, 0.1) is 0 Å². The number of hydrogen-bond donors (Lipinski definition) is 2. The summed E-state index contributed by atoms with van der Waals surface area (Å²) >= 11 is 0. The van der Waals surface area contributed by atoms with Gasteiger partial charge in [0.2, 0.25) is 0 Å². The van der Waals surface area contributed by atoms with Gasteiger partial charge in [0.25, 0.3) is 0 Å². The molecule has 2 N–H and O–H groups in total. The van der Waals surface area contributed by atoms with Gasteiger partial charge in [-0.15, -0.1) is 0 Å². The van der Waals surface area contributed by atoms with E-state index in [1.807, 2.05) is 12.1 Å². The van der Waals surface area contributed by atoms with Gasteiger partial charge in [-0.1, -0.05) is 6.07 Å². The average Bonchev–Trinajstić information content (AvgIpc) is 2.39. The minimum atomic E-state index is 0.181. The van der Waals surface area contributed by atoms with Gasteiger partial charge in [0.15, 0.2) is 11.5 Å². The van der Waals surface area contributed by atoms with Crippen LogP contribution < -0.4 is 10.2 Å². The van der Waals surface area contributed by atoms with E-state index in [4.69, 9.17) is 4.74 Å². The average molecular weight is 251 g/mol. The fourth-order valence-corrected chi connectivity index (χ4v) is 2.00. The summed E-state index contributed by atoms with van der Waals surface area (Å²) in [7, 11) is 3.70. The van der Waals surface area contributed by atoms with Gasteiger partial charge in [0.1, 0.15) is 0 Å². The van der Waals surface area contributed by atoms with Crippen molar-refractivity contribution in [2.24, 2.45) is 0 Å². The lowest BCUT2D eigenvalue weighted by molar-refractivity contribution is 0.102. The van der Waals surface area contributed by atoms with Crippen LogP contribution in [0.15, 0.2) is 18.2 Å². The van der Waals surface area contributed by atoms with E-state index in [1.165, 1.54) is 0 Å². The van der Waals surface area contributed by atoms with E-state index < -0.39 is 0 Å². The van der Waals surface area contributed by atoms with Gasteiger partial charge >= 0.3 is 0 Å². The number of piperazine rings is 1. The van der Waals surface area contributed by atoms with Crippen molar-refractivity contribution < 1.29 is 9.84 Å². The Morgan fingerprint density at radius 2 is 2.00 bits per heavy atom. The Kier molecular flexibility index (Phi) is 4.41. The standard InChI is InChI=1S/C13H21N3O2/c1-15-5-7-16(8-6-15)14-10-11-3-4-12(17)13(9-11)18-2/h3-4,9,14,17H,5-8,10H2,1-2H3. The van der Waals surface area contributed by atoms with Gasteiger partial charge in [0.05, 0.1) is 7.11 Å². The SMILES string of the molecule is COc1cc(CNN2CCN(C)CC2)ccc1O. The first kappa shape index (κ1) is 13.1. The largest absolute Gasteiger partial charge is 0.504 e. The number of rotatable bonds is 4. The lowest BCUT2D eigenvalue weighted by Gasteiger charge is -2.32. The van der Waals surface area contributed by atoms with Crippen molar-refractivity contribution in [2.45, 2.75) is 6.54 Å². The maximum absolute atomic E-state index is 9.52. The zero-order valence-corrected chi connectivity index (χ0v) is 11.0. The third-order valence-corrected chi connectivity index (χ3v) is 3.25. The molecule has 1 fully saturated rings. The molecule has 0 amide bonds. The number of aromatic hydroxyl groups is 1. The highest BCUT2D eigenvalue weighted by molar-refractivity contribution is 5.41. The van der Waals surface area contributed by atoms with Crippen LogP contribution in [0.25, 0.3) is 0 Å². The normalized spacial score (nSPS) is 17.9. The molecule has 1 aromatic rings. The summed E-state index contributed by atoms with van der Waals surface area (Å²) in [4.78, 5) is 2.32. The van der Waals surface area contributed by atoms with Crippen LogP contribution in [0.2, 0.25) is 0 Å². The number of phenols is 1. The molecule has 0 spiro atoms. The van der Waals surface area contributed by atoms with Gasteiger partial charge in [0, 0.05) is 32.7 Å². The maximum atomic E-state index is 9.52. The molecule has 1 aliphatic heterocycles. The first-order valence-electron chi connectivity index (χ1n) is 6.22. The summed E-state index contributed by atoms with van der Waals surface area (Å²) in [6.45, 7) is 5.00. The molecule has 5 heteroatoms. The quantitative estimate of drug-likeness (QED) is 0.823. The second kappa shape index (κ2) is 6.04. The predicted molar refractivity (Wildman–Crippen MR) is 70.6 cm³/mol. The second-order valence-corrected chi connectivity index (χ2v) is 4.63. The van der Waals surface area contributed by atoms with Crippen molar-refractivity contribution in [1.82, 2.24) is 15.3 Å². The van der Waals surface area contributed by atoms with Crippen molar-refractivity contribution in [3.05, 3.63) is 23.8 Å². The Labute approximate surface area is 108 Å². The number of methoxy groups -OCH3 is 1. The molecule has 0 bridgehead atoms. The summed E-state index contributed by atoms with van der Waals surface area (Å²) in [5, 5.41) is 11.8. The molecule has 0 radical (unpaired) electrons. The maximum Gasteiger partial charge on any atom is 0.160 e. The van der Waals surface area contributed by atoms with E-state index in [-0.39, 0.29) is 5.75 Å². The number of hydrazine groups is 1. The molecule has 0 saturated carbocycles. The molecule has 0 unspecified atom stereocenters. The third-order valence-electron chi connectivity index (χ3n) is 3.25. The van der Waals surface area contributed by atoms with E-state index in [1.54, 1.807) is 13.2 Å². The molecule has 0 aromatic heterocycles. The van der Waals surface area contributed by atoms with E-state index in [0.717, 1.165) is 38.3 Å². The monoisotopic (exact) mass is 251 g/mol. The van der Waals surface area contributed by atoms with Gasteiger partial charge in [-0.05, 0) is 24.7 Å². The number of benzene rings is 1. The van der Waals surface area contributed by atoms with Gasteiger partial charge in [-0.25, -0.2) is 5.01 Å². The number of nitrogens with one attached hydrogen (secondary N) is 1. The van der Waals surface area contributed by atoms with Crippen molar-refractivity contribution >= 4 is 0 Å². The lowest BCUT2D eigenvalue weighted by Crippen LogP contribution is -2.50. The Balaban J connectivity index is 1.86. The minimum absolute atomic E-state index is 0.181. The van der Waals surface area contributed by atoms with E-state index in [2.05, 4.69) is 22.4 Å². The molecular formula is C13H21N3O2. The summed E-state index contributed by atoms with van der Waals surface area (Å²) in [6.07, 6.45) is 0. The molecular weight excluding hydrogens is 230 g/mol. The van der Waals surface area contributed by atoms with Crippen LogP contribution in [0.4, 0.5) is 0 Å². The molecule has 18 heavy (non-hydrogen) atoms. The fraction of sp³-hybridized carbons (Fsp3) is 0.538. The molecule has 1 saturated heterocycles. The van der Waals surface area contributed by atoms with Crippen LogP contribution in [-0.2, 0) is 6.54 Å². The molecule has 0 atom stereocenters. The van der Waals surface area contributed by atoms with Gasteiger partial charge in [-0.2, -0.15) is 0 Å². The zero-order chi connectivity index (χ0) is 13.0. The number of ether oxygens (including phenoxy) is 1.